The maximum absolute atomic E-state index is 11.9. The lowest BCUT2D eigenvalue weighted by Crippen LogP contribution is -2.36. The number of hydrogen-bond acceptors (Lipinski definition) is 5. The summed E-state index contributed by atoms with van der Waals surface area (Å²) in [4.78, 5) is 43.0. The highest BCUT2D eigenvalue weighted by Crippen LogP contribution is 2.21. The zero-order chi connectivity index (χ0) is 14.6. The van der Waals surface area contributed by atoms with Crippen molar-refractivity contribution in [3.05, 3.63) is 22.1 Å². The predicted molar refractivity (Wildman–Crippen MR) is 73.3 cm³/mol. The van der Waals surface area contributed by atoms with Crippen LogP contribution in [0, 0.1) is 0 Å². The fraction of sp³-hybridized carbons (Fsp3) is 0.500. The Bertz CT molecular complexity index is 539. The van der Waals surface area contributed by atoms with Gasteiger partial charge in [0.2, 0.25) is 5.91 Å². The van der Waals surface area contributed by atoms with Gasteiger partial charge in [-0.15, -0.1) is 0 Å². The van der Waals surface area contributed by atoms with E-state index < -0.39 is 5.25 Å². The lowest BCUT2D eigenvalue weighted by atomic mass is 10.3. The number of carbonyl (C=O) groups excluding carboxylic acids is 2. The van der Waals surface area contributed by atoms with Gasteiger partial charge in [-0.2, -0.15) is 0 Å². The number of aromatic nitrogens is 2. The highest BCUT2D eigenvalue weighted by atomic mass is 32.2. The van der Waals surface area contributed by atoms with Gasteiger partial charge in [0.05, 0.1) is 0 Å². The first kappa shape index (κ1) is 15.4. The molecule has 0 fully saturated rings. The van der Waals surface area contributed by atoms with Crippen molar-refractivity contribution in [1.82, 2.24) is 14.9 Å². The molecule has 0 saturated carbocycles. The van der Waals surface area contributed by atoms with Crippen LogP contribution in [0.15, 0.2) is 16.0 Å². The molecule has 6 nitrogen and oxygen atoms in total. The third-order valence-electron chi connectivity index (χ3n) is 2.40. The van der Waals surface area contributed by atoms with E-state index in [1.54, 1.807) is 14.1 Å². The number of Topliss-reactive ketones (excluding diaryl/α,β-unsaturated/α-hetero) is 1. The van der Waals surface area contributed by atoms with Crippen molar-refractivity contribution in [1.29, 1.82) is 0 Å². The summed E-state index contributed by atoms with van der Waals surface area (Å²) in [6, 6.07) is 1.40. The van der Waals surface area contributed by atoms with Crippen LogP contribution in [0.4, 0.5) is 0 Å². The van der Waals surface area contributed by atoms with Crippen LogP contribution in [0.5, 0.6) is 0 Å². The number of H-pyrrole nitrogens is 1. The summed E-state index contributed by atoms with van der Waals surface area (Å²) < 4.78 is 0. The lowest BCUT2D eigenvalue weighted by Gasteiger charge is -2.17. The molecule has 0 aromatic carbocycles. The maximum atomic E-state index is 11.9. The molecule has 1 heterocycles. The molecule has 0 bridgehead atoms. The number of hydrogen-bond donors (Lipinski definition) is 1. The fourth-order valence-electron chi connectivity index (χ4n) is 1.37. The van der Waals surface area contributed by atoms with Crippen molar-refractivity contribution >= 4 is 23.5 Å². The summed E-state index contributed by atoms with van der Waals surface area (Å²) >= 11 is 0.970. The minimum absolute atomic E-state index is 0.270. The molecule has 1 atom stereocenters. The third kappa shape index (κ3) is 4.20. The highest BCUT2D eigenvalue weighted by Gasteiger charge is 2.27. The average molecular weight is 283 g/mol. The molecule has 19 heavy (non-hydrogen) atoms. The number of ketones is 1. The second-order valence-electron chi connectivity index (χ2n) is 4.24. The molecule has 0 saturated heterocycles. The van der Waals surface area contributed by atoms with Gasteiger partial charge >= 0.3 is 0 Å². The Kier molecular flexibility index (Phi) is 5.29. The summed E-state index contributed by atoms with van der Waals surface area (Å²) in [5, 5.41) is -0.593. The second kappa shape index (κ2) is 6.51. The standard InChI is InChI=1S/C12H17N3O3S/c1-5-8-6-9(17)14-12(13-8)19-10(7(2)16)11(18)15(3)4/h6,10H,5H2,1-4H3,(H,13,14,17)/t10-/m0/s1. The van der Waals surface area contributed by atoms with Crippen LogP contribution in [0.1, 0.15) is 19.5 Å². The molecule has 0 aliphatic carbocycles. The highest BCUT2D eigenvalue weighted by molar-refractivity contribution is 8.01. The number of carbonyl (C=O) groups is 2. The molecule has 1 N–H and O–H groups in total. The Balaban J connectivity index is 3.03. The van der Waals surface area contributed by atoms with Crippen molar-refractivity contribution in [2.24, 2.45) is 0 Å². The Hall–Kier alpha value is -1.63. The molecule has 1 amide bonds. The van der Waals surface area contributed by atoms with Gasteiger partial charge in [0, 0.05) is 25.9 Å². The monoisotopic (exact) mass is 283 g/mol. The number of amides is 1. The van der Waals surface area contributed by atoms with E-state index in [1.165, 1.54) is 17.9 Å². The quantitative estimate of drug-likeness (QED) is 0.482. The van der Waals surface area contributed by atoms with Crippen molar-refractivity contribution in [2.45, 2.75) is 30.7 Å². The van der Waals surface area contributed by atoms with E-state index in [4.69, 9.17) is 0 Å². The summed E-state index contributed by atoms with van der Waals surface area (Å²) in [5.41, 5.74) is 0.347. The minimum atomic E-state index is -0.884. The Labute approximate surface area is 115 Å². The molecule has 0 aliphatic heterocycles. The number of nitrogens with zero attached hydrogens (tertiary/aromatic N) is 2. The van der Waals surface area contributed by atoms with Gasteiger partial charge < -0.3 is 9.88 Å². The Morgan fingerprint density at radius 1 is 1.47 bits per heavy atom. The van der Waals surface area contributed by atoms with E-state index in [0.717, 1.165) is 11.8 Å². The van der Waals surface area contributed by atoms with Crippen LogP contribution in [-0.2, 0) is 16.0 Å². The molecule has 1 aromatic heterocycles. The third-order valence-corrected chi connectivity index (χ3v) is 3.58. The SMILES string of the molecule is CCc1cc(=O)[nH]c(S[C@@H](C(C)=O)C(=O)N(C)C)n1. The fourth-order valence-corrected chi connectivity index (χ4v) is 2.40. The van der Waals surface area contributed by atoms with Gasteiger partial charge in [-0.3, -0.25) is 14.4 Å². The number of aryl methyl sites for hydroxylation is 1. The van der Waals surface area contributed by atoms with Gasteiger partial charge in [0.15, 0.2) is 10.9 Å². The molecule has 0 aliphatic rings. The van der Waals surface area contributed by atoms with Crippen LogP contribution >= 0.6 is 11.8 Å². The van der Waals surface area contributed by atoms with Crippen molar-refractivity contribution in [3.63, 3.8) is 0 Å². The largest absolute Gasteiger partial charge is 0.347 e. The van der Waals surface area contributed by atoms with Gasteiger partial charge in [0.25, 0.3) is 5.56 Å². The zero-order valence-corrected chi connectivity index (χ0v) is 12.2. The Morgan fingerprint density at radius 3 is 2.58 bits per heavy atom. The van der Waals surface area contributed by atoms with E-state index in [1.807, 2.05) is 6.92 Å². The summed E-state index contributed by atoms with van der Waals surface area (Å²) in [7, 11) is 3.16. The molecule has 0 radical (unpaired) electrons. The van der Waals surface area contributed by atoms with Crippen LogP contribution < -0.4 is 5.56 Å². The lowest BCUT2D eigenvalue weighted by molar-refractivity contribution is -0.132. The van der Waals surface area contributed by atoms with Crippen molar-refractivity contribution < 1.29 is 9.59 Å². The molecular weight excluding hydrogens is 266 g/mol. The second-order valence-corrected chi connectivity index (χ2v) is 5.33. The first-order valence-electron chi connectivity index (χ1n) is 5.83. The summed E-state index contributed by atoms with van der Waals surface area (Å²) in [6.07, 6.45) is 0.615. The smallest absolute Gasteiger partial charge is 0.251 e. The molecule has 0 unspecified atom stereocenters. The molecule has 7 heteroatoms. The molecular formula is C12H17N3O3S. The van der Waals surface area contributed by atoms with Crippen LogP contribution in [0.3, 0.4) is 0 Å². The van der Waals surface area contributed by atoms with Gasteiger partial charge in [-0.1, -0.05) is 18.7 Å². The first-order valence-corrected chi connectivity index (χ1v) is 6.71. The van der Waals surface area contributed by atoms with Crippen LogP contribution in [0.2, 0.25) is 0 Å². The van der Waals surface area contributed by atoms with Crippen molar-refractivity contribution in [2.75, 3.05) is 14.1 Å². The van der Waals surface area contributed by atoms with E-state index in [-0.39, 0.29) is 17.2 Å². The molecule has 104 valence electrons. The maximum Gasteiger partial charge on any atom is 0.251 e. The van der Waals surface area contributed by atoms with E-state index in [2.05, 4.69) is 9.97 Å². The molecule has 1 rings (SSSR count). The number of thioether (sulfide) groups is 1. The first-order chi connectivity index (χ1) is 8.85. The van der Waals surface area contributed by atoms with Gasteiger partial charge in [0.1, 0.15) is 5.25 Å². The zero-order valence-electron chi connectivity index (χ0n) is 11.4. The number of aromatic amines is 1. The van der Waals surface area contributed by atoms with E-state index in [0.29, 0.717) is 17.3 Å². The normalized spacial score (nSPS) is 12.0. The minimum Gasteiger partial charge on any atom is -0.347 e. The summed E-state index contributed by atoms with van der Waals surface area (Å²) in [5.74, 6) is -0.588. The van der Waals surface area contributed by atoms with Crippen LogP contribution in [0.25, 0.3) is 0 Å². The number of rotatable bonds is 5. The summed E-state index contributed by atoms with van der Waals surface area (Å²) in [6.45, 7) is 3.23. The van der Waals surface area contributed by atoms with E-state index in [9.17, 15) is 14.4 Å². The van der Waals surface area contributed by atoms with Gasteiger partial charge in [-0.25, -0.2) is 4.98 Å². The van der Waals surface area contributed by atoms with Gasteiger partial charge in [-0.05, 0) is 13.3 Å². The Morgan fingerprint density at radius 2 is 2.11 bits per heavy atom. The number of nitrogens with one attached hydrogen (secondary N) is 1. The van der Waals surface area contributed by atoms with Crippen molar-refractivity contribution in [3.8, 4) is 0 Å². The molecule has 1 aromatic rings. The molecule has 0 spiro atoms. The topological polar surface area (TPSA) is 83.1 Å². The predicted octanol–water partition coefficient (Wildman–Crippen LogP) is 0.470. The van der Waals surface area contributed by atoms with Crippen LogP contribution in [-0.4, -0.2) is 45.9 Å². The average Bonchev–Trinajstić information content (AvgIpc) is 2.33. The van der Waals surface area contributed by atoms with E-state index >= 15 is 0 Å².